The first-order valence-corrected chi connectivity index (χ1v) is 6.98. The monoisotopic (exact) mass is 288 g/mol. The van der Waals surface area contributed by atoms with Gasteiger partial charge in [-0.1, -0.05) is 12.1 Å². The van der Waals surface area contributed by atoms with Crippen LogP contribution in [0, 0.1) is 0 Å². The Bertz CT molecular complexity index is 634. The summed E-state index contributed by atoms with van der Waals surface area (Å²) in [6.07, 6.45) is 1.48. The van der Waals surface area contributed by atoms with Crippen LogP contribution in [0.25, 0.3) is 0 Å². The third-order valence-electron chi connectivity index (χ3n) is 3.45. The van der Waals surface area contributed by atoms with E-state index in [0.717, 1.165) is 38.5 Å². The molecule has 0 spiro atoms. The molecule has 1 saturated heterocycles. The molecule has 110 valence electrons. The molecular weight excluding hydrogens is 270 g/mol. The molecule has 0 bridgehead atoms. The fourth-order valence-electron chi connectivity index (χ4n) is 2.35. The summed E-state index contributed by atoms with van der Waals surface area (Å²) in [5.74, 6) is 0.435. The summed E-state index contributed by atoms with van der Waals surface area (Å²) in [4.78, 5) is 16.4. The third-order valence-corrected chi connectivity index (χ3v) is 3.45. The summed E-state index contributed by atoms with van der Waals surface area (Å²) in [7, 11) is 0. The third kappa shape index (κ3) is 3.87. The average molecular weight is 288 g/mol. The molecule has 1 aliphatic rings. The lowest BCUT2D eigenvalue weighted by Crippen LogP contribution is -3.12. The number of hydrogen-bond donors (Lipinski definition) is 3. The Morgan fingerprint density at radius 3 is 2.71 bits per heavy atom. The zero-order valence-electron chi connectivity index (χ0n) is 11.6. The van der Waals surface area contributed by atoms with Crippen molar-refractivity contribution >= 4 is 11.5 Å². The molecule has 7 heteroatoms. The molecule has 0 aliphatic carbocycles. The Morgan fingerprint density at radius 1 is 1.24 bits per heavy atom. The van der Waals surface area contributed by atoms with Gasteiger partial charge >= 0.3 is 5.69 Å². The van der Waals surface area contributed by atoms with E-state index in [1.807, 2.05) is 12.1 Å². The molecule has 0 unspecified atom stereocenters. The number of H-pyrrole nitrogens is 1. The van der Waals surface area contributed by atoms with Crippen LogP contribution in [-0.2, 0) is 11.3 Å². The number of nitrogens with one attached hydrogen (secondary N) is 3. The van der Waals surface area contributed by atoms with Crippen LogP contribution in [0.3, 0.4) is 0 Å². The summed E-state index contributed by atoms with van der Waals surface area (Å²) in [5, 5.41) is 9.00. The molecule has 1 fully saturated rings. The van der Waals surface area contributed by atoms with Crippen LogP contribution in [0.4, 0.5) is 11.5 Å². The summed E-state index contributed by atoms with van der Waals surface area (Å²) in [5.41, 5.74) is 1.71. The van der Waals surface area contributed by atoms with Gasteiger partial charge in [-0.2, -0.15) is 10.1 Å². The Kier molecular flexibility index (Phi) is 4.23. The molecule has 2 heterocycles. The van der Waals surface area contributed by atoms with Gasteiger partial charge in [0.1, 0.15) is 19.6 Å². The number of benzene rings is 1. The van der Waals surface area contributed by atoms with E-state index in [2.05, 4.69) is 32.6 Å². The van der Waals surface area contributed by atoms with Gasteiger partial charge in [0.15, 0.2) is 5.82 Å². The van der Waals surface area contributed by atoms with Crippen LogP contribution >= 0.6 is 0 Å². The number of morpholine rings is 1. The first-order valence-electron chi connectivity index (χ1n) is 6.98. The molecule has 0 saturated carbocycles. The minimum atomic E-state index is -0.465. The number of aromatic nitrogens is 3. The molecule has 1 aromatic heterocycles. The molecule has 7 nitrogen and oxygen atoms in total. The molecule has 1 aromatic carbocycles. The van der Waals surface area contributed by atoms with E-state index in [4.69, 9.17) is 4.74 Å². The number of nitrogens with zero attached hydrogens (tertiary/aromatic N) is 2. The second kappa shape index (κ2) is 6.47. The smallest absolute Gasteiger partial charge is 0.363 e. The van der Waals surface area contributed by atoms with Crippen LogP contribution in [0.5, 0.6) is 0 Å². The maximum Gasteiger partial charge on any atom is 0.363 e. The molecule has 2 aromatic rings. The number of aromatic amines is 1. The van der Waals surface area contributed by atoms with Gasteiger partial charge in [-0.3, -0.25) is 0 Å². The van der Waals surface area contributed by atoms with Gasteiger partial charge < -0.3 is 15.0 Å². The highest BCUT2D eigenvalue weighted by Crippen LogP contribution is 2.13. The van der Waals surface area contributed by atoms with Crippen LogP contribution in [0.15, 0.2) is 35.3 Å². The quantitative estimate of drug-likeness (QED) is 0.694. The number of anilines is 2. The van der Waals surface area contributed by atoms with Gasteiger partial charge in [-0.25, -0.2) is 9.89 Å². The van der Waals surface area contributed by atoms with E-state index in [-0.39, 0.29) is 0 Å². The average Bonchev–Trinajstić information content (AvgIpc) is 2.50. The number of hydrogen-bond acceptors (Lipinski definition) is 5. The molecule has 1 aliphatic heterocycles. The first-order chi connectivity index (χ1) is 10.3. The Balaban J connectivity index is 1.62. The Morgan fingerprint density at radius 2 is 2.00 bits per heavy atom. The van der Waals surface area contributed by atoms with E-state index in [9.17, 15) is 4.79 Å². The topological polar surface area (TPSA) is 84.3 Å². The first kappa shape index (κ1) is 13.7. The summed E-state index contributed by atoms with van der Waals surface area (Å²) >= 11 is 0. The number of quaternary nitrogens is 1. The fraction of sp³-hybridized carbons (Fsp3) is 0.357. The van der Waals surface area contributed by atoms with E-state index < -0.39 is 5.69 Å². The van der Waals surface area contributed by atoms with Gasteiger partial charge in [0.05, 0.1) is 19.4 Å². The lowest BCUT2D eigenvalue weighted by Gasteiger charge is -2.23. The number of rotatable bonds is 4. The van der Waals surface area contributed by atoms with Gasteiger partial charge in [-0.15, -0.1) is 0 Å². The molecule has 0 radical (unpaired) electrons. The van der Waals surface area contributed by atoms with E-state index >= 15 is 0 Å². The molecule has 21 heavy (non-hydrogen) atoms. The van der Waals surface area contributed by atoms with Crippen LogP contribution in [0.1, 0.15) is 5.56 Å². The summed E-state index contributed by atoms with van der Waals surface area (Å²) < 4.78 is 5.36. The van der Waals surface area contributed by atoms with Crippen LogP contribution in [0.2, 0.25) is 0 Å². The van der Waals surface area contributed by atoms with Crippen molar-refractivity contribution < 1.29 is 9.64 Å². The number of ether oxygens (including phenoxy) is 1. The van der Waals surface area contributed by atoms with Crippen molar-refractivity contribution in [2.75, 3.05) is 31.6 Å². The SMILES string of the molecule is O=c1nc(Nc2ccc(C[NH+]3CCOCC3)cc2)cn[nH]1. The highest BCUT2D eigenvalue weighted by molar-refractivity contribution is 5.55. The minimum absolute atomic E-state index is 0.435. The maximum absolute atomic E-state index is 11.1. The van der Waals surface area contributed by atoms with E-state index in [1.54, 1.807) is 4.90 Å². The van der Waals surface area contributed by atoms with Gasteiger partial charge in [-0.05, 0) is 12.1 Å². The zero-order valence-corrected chi connectivity index (χ0v) is 11.6. The van der Waals surface area contributed by atoms with E-state index in [1.165, 1.54) is 11.8 Å². The van der Waals surface area contributed by atoms with Gasteiger partial charge in [0.25, 0.3) is 0 Å². The molecular formula is C14H18N5O2+. The Hall–Kier alpha value is -2.25. The van der Waals surface area contributed by atoms with Crippen molar-refractivity contribution in [1.82, 2.24) is 15.2 Å². The normalized spacial score (nSPS) is 15.8. The van der Waals surface area contributed by atoms with Crippen molar-refractivity contribution in [3.05, 3.63) is 46.5 Å². The zero-order chi connectivity index (χ0) is 14.5. The highest BCUT2D eigenvalue weighted by atomic mass is 16.5. The molecule has 0 atom stereocenters. The summed E-state index contributed by atoms with van der Waals surface area (Å²) in [6.45, 7) is 4.81. The van der Waals surface area contributed by atoms with Crippen molar-refractivity contribution in [3.8, 4) is 0 Å². The predicted molar refractivity (Wildman–Crippen MR) is 77.6 cm³/mol. The second-order valence-corrected chi connectivity index (χ2v) is 5.03. The standard InChI is InChI=1S/C14H17N5O2/c20-14-17-13(9-15-18-14)16-12-3-1-11(2-4-12)10-19-5-7-21-8-6-19/h1-4,9H,5-8,10H2,(H2,16,17,18,20)/p+1. The lowest BCUT2D eigenvalue weighted by molar-refractivity contribution is -0.921. The van der Waals surface area contributed by atoms with Gasteiger partial charge in [0.2, 0.25) is 0 Å². The van der Waals surface area contributed by atoms with Crippen molar-refractivity contribution in [1.29, 1.82) is 0 Å². The lowest BCUT2D eigenvalue weighted by atomic mass is 10.2. The van der Waals surface area contributed by atoms with Crippen LogP contribution < -0.4 is 15.9 Å². The van der Waals surface area contributed by atoms with Crippen molar-refractivity contribution in [2.45, 2.75) is 6.54 Å². The summed E-state index contributed by atoms with van der Waals surface area (Å²) in [6, 6.07) is 8.15. The molecule has 3 rings (SSSR count). The predicted octanol–water partition coefficient (Wildman–Crippen LogP) is -0.676. The highest BCUT2D eigenvalue weighted by Gasteiger charge is 2.13. The fourth-order valence-corrected chi connectivity index (χ4v) is 2.35. The second-order valence-electron chi connectivity index (χ2n) is 5.03. The van der Waals surface area contributed by atoms with Crippen molar-refractivity contribution in [2.24, 2.45) is 0 Å². The Labute approximate surface area is 122 Å². The van der Waals surface area contributed by atoms with Gasteiger partial charge in [0, 0.05) is 11.3 Å². The van der Waals surface area contributed by atoms with Crippen molar-refractivity contribution in [3.63, 3.8) is 0 Å². The molecule has 0 amide bonds. The largest absolute Gasteiger partial charge is 0.370 e. The molecule has 3 N–H and O–H groups in total. The van der Waals surface area contributed by atoms with E-state index in [0.29, 0.717) is 5.82 Å². The minimum Gasteiger partial charge on any atom is -0.370 e. The maximum atomic E-state index is 11.1. The van der Waals surface area contributed by atoms with Crippen LogP contribution in [-0.4, -0.2) is 41.5 Å².